The Morgan fingerprint density at radius 1 is 1.03 bits per heavy atom. The van der Waals surface area contributed by atoms with Crippen molar-refractivity contribution in [2.45, 2.75) is 50.9 Å². The van der Waals surface area contributed by atoms with Crippen LogP contribution in [0.15, 0.2) is 41.3 Å². The highest BCUT2D eigenvalue weighted by Crippen LogP contribution is 2.29. The lowest BCUT2D eigenvalue weighted by molar-refractivity contribution is 0.158. The van der Waals surface area contributed by atoms with Gasteiger partial charge in [-0.2, -0.15) is 4.68 Å². The summed E-state index contributed by atoms with van der Waals surface area (Å²) in [5.41, 5.74) is 1.50. The van der Waals surface area contributed by atoms with Crippen LogP contribution in [-0.4, -0.2) is 44.3 Å². The second-order valence-corrected chi connectivity index (χ2v) is 8.68. The molecule has 152 valence electrons. The van der Waals surface area contributed by atoms with Crippen molar-refractivity contribution in [2.24, 2.45) is 5.92 Å². The average molecular weight is 392 g/mol. The number of nitrogens with one attached hydrogen (secondary N) is 1. The van der Waals surface area contributed by atoms with Crippen LogP contribution < -0.4 is 5.69 Å². The van der Waals surface area contributed by atoms with Gasteiger partial charge in [0.1, 0.15) is 5.82 Å². The number of aromatic amines is 1. The molecule has 6 heteroatoms. The standard InChI is InChI=1S/C23H29N5O/c29-23-25-22(18-9-6-14-27(16-18)15-17-7-2-1-3-8-17)26-28(23)21-12-4-11-20-19(21)10-5-13-24-20/h4-5,10-13,17-18H,1-3,6-9,14-16H2,(H,25,26,29). The van der Waals surface area contributed by atoms with E-state index in [2.05, 4.69) is 14.9 Å². The van der Waals surface area contributed by atoms with E-state index in [0.717, 1.165) is 41.3 Å². The van der Waals surface area contributed by atoms with Crippen LogP contribution in [0, 0.1) is 5.92 Å². The van der Waals surface area contributed by atoms with Gasteiger partial charge >= 0.3 is 5.69 Å². The molecular formula is C23H29N5O. The van der Waals surface area contributed by atoms with Gasteiger partial charge in [-0.15, -0.1) is 5.10 Å². The van der Waals surface area contributed by atoms with Crippen molar-refractivity contribution in [3.63, 3.8) is 0 Å². The Labute approximate surface area is 171 Å². The number of rotatable bonds is 4. The molecule has 2 aliphatic rings. The second-order valence-electron chi connectivity index (χ2n) is 8.68. The van der Waals surface area contributed by atoms with E-state index in [9.17, 15) is 4.79 Å². The van der Waals surface area contributed by atoms with Gasteiger partial charge in [-0.25, -0.2) is 4.79 Å². The number of piperidine rings is 1. The molecule has 1 aromatic carbocycles. The molecule has 1 saturated heterocycles. The lowest BCUT2D eigenvalue weighted by atomic mass is 9.88. The lowest BCUT2D eigenvalue weighted by Gasteiger charge is -2.35. The summed E-state index contributed by atoms with van der Waals surface area (Å²) >= 11 is 0. The van der Waals surface area contributed by atoms with Gasteiger partial charge in [-0.3, -0.25) is 9.97 Å². The van der Waals surface area contributed by atoms with Crippen molar-refractivity contribution in [1.82, 2.24) is 24.6 Å². The van der Waals surface area contributed by atoms with Crippen molar-refractivity contribution < 1.29 is 0 Å². The Morgan fingerprint density at radius 2 is 1.93 bits per heavy atom. The Kier molecular flexibility index (Phi) is 5.19. The third-order valence-corrected chi connectivity index (χ3v) is 6.62. The Bertz CT molecular complexity index is 1030. The van der Waals surface area contributed by atoms with Crippen LogP contribution in [0.5, 0.6) is 0 Å². The van der Waals surface area contributed by atoms with Crippen molar-refractivity contribution >= 4 is 10.9 Å². The first-order valence-electron chi connectivity index (χ1n) is 11.0. The van der Waals surface area contributed by atoms with Crippen molar-refractivity contribution in [3.8, 4) is 5.69 Å². The highest BCUT2D eigenvalue weighted by Gasteiger charge is 2.27. The van der Waals surface area contributed by atoms with Crippen LogP contribution in [0.3, 0.4) is 0 Å². The summed E-state index contributed by atoms with van der Waals surface area (Å²) in [6, 6.07) is 9.71. The molecule has 1 saturated carbocycles. The van der Waals surface area contributed by atoms with E-state index in [1.54, 1.807) is 6.20 Å². The number of H-pyrrole nitrogens is 1. The summed E-state index contributed by atoms with van der Waals surface area (Å²) in [6.07, 6.45) is 11.0. The molecule has 3 aromatic rings. The van der Waals surface area contributed by atoms with E-state index in [1.165, 1.54) is 56.3 Å². The van der Waals surface area contributed by atoms with Crippen LogP contribution >= 0.6 is 0 Å². The van der Waals surface area contributed by atoms with E-state index in [4.69, 9.17) is 5.10 Å². The monoisotopic (exact) mass is 391 g/mol. The largest absolute Gasteiger partial charge is 0.348 e. The fourth-order valence-electron chi connectivity index (χ4n) is 5.14. The second kappa shape index (κ2) is 8.11. The fourth-order valence-corrected chi connectivity index (χ4v) is 5.14. The van der Waals surface area contributed by atoms with Gasteiger partial charge in [0.2, 0.25) is 0 Å². The third kappa shape index (κ3) is 3.86. The van der Waals surface area contributed by atoms with Crippen molar-refractivity contribution in [3.05, 3.63) is 52.8 Å². The molecule has 0 spiro atoms. The highest BCUT2D eigenvalue weighted by atomic mass is 16.1. The normalized spacial score (nSPS) is 21.6. The van der Waals surface area contributed by atoms with Crippen LogP contribution in [0.1, 0.15) is 56.7 Å². The molecule has 0 amide bonds. The quantitative estimate of drug-likeness (QED) is 0.733. The van der Waals surface area contributed by atoms with E-state index < -0.39 is 0 Å². The first-order chi connectivity index (χ1) is 14.3. The van der Waals surface area contributed by atoms with E-state index in [0.29, 0.717) is 5.92 Å². The van der Waals surface area contributed by atoms with Crippen molar-refractivity contribution in [1.29, 1.82) is 0 Å². The number of benzene rings is 1. The van der Waals surface area contributed by atoms with E-state index in [-0.39, 0.29) is 5.69 Å². The molecule has 3 heterocycles. The number of fused-ring (bicyclic) bond motifs is 1. The Balaban J connectivity index is 1.37. The molecule has 1 N–H and O–H groups in total. The molecule has 0 radical (unpaired) electrons. The van der Waals surface area contributed by atoms with Gasteiger partial charge < -0.3 is 4.90 Å². The van der Waals surface area contributed by atoms with Crippen LogP contribution in [0.25, 0.3) is 16.6 Å². The maximum atomic E-state index is 12.7. The predicted molar refractivity (Wildman–Crippen MR) is 114 cm³/mol. The molecule has 1 aliphatic heterocycles. The van der Waals surface area contributed by atoms with Crippen LogP contribution in [0.2, 0.25) is 0 Å². The molecule has 2 aromatic heterocycles. The SMILES string of the molecule is O=c1[nH]c(C2CCCN(CC3CCCCC3)C2)nn1-c1cccc2ncccc12. The Morgan fingerprint density at radius 3 is 2.83 bits per heavy atom. The number of hydrogen-bond acceptors (Lipinski definition) is 4. The lowest BCUT2D eigenvalue weighted by Crippen LogP contribution is -2.38. The fraction of sp³-hybridized carbons (Fsp3) is 0.522. The number of likely N-dealkylation sites (tertiary alicyclic amines) is 1. The molecule has 1 aliphatic carbocycles. The smallest absolute Gasteiger partial charge is 0.302 e. The maximum Gasteiger partial charge on any atom is 0.348 e. The van der Waals surface area contributed by atoms with Crippen molar-refractivity contribution in [2.75, 3.05) is 19.6 Å². The maximum absolute atomic E-state index is 12.7. The highest BCUT2D eigenvalue weighted by molar-refractivity contribution is 5.86. The zero-order valence-electron chi connectivity index (χ0n) is 16.9. The molecule has 6 nitrogen and oxygen atoms in total. The zero-order valence-corrected chi connectivity index (χ0v) is 16.9. The van der Waals surface area contributed by atoms with Gasteiger partial charge in [-0.05, 0) is 62.4 Å². The first kappa shape index (κ1) is 18.6. The number of nitrogens with zero attached hydrogens (tertiary/aromatic N) is 4. The molecule has 1 atom stereocenters. The van der Waals surface area contributed by atoms with Gasteiger partial charge in [0.05, 0.1) is 11.2 Å². The summed E-state index contributed by atoms with van der Waals surface area (Å²) in [5.74, 6) is 1.97. The number of hydrogen-bond donors (Lipinski definition) is 1. The summed E-state index contributed by atoms with van der Waals surface area (Å²) in [5, 5.41) is 5.67. The summed E-state index contributed by atoms with van der Waals surface area (Å²) in [4.78, 5) is 22.8. The first-order valence-corrected chi connectivity index (χ1v) is 11.0. The van der Waals surface area contributed by atoms with Gasteiger partial charge in [0.25, 0.3) is 0 Å². The molecule has 29 heavy (non-hydrogen) atoms. The van der Waals surface area contributed by atoms with Crippen LogP contribution in [-0.2, 0) is 0 Å². The molecule has 1 unspecified atom stereocenters. The molecular weight excluding hydrogens is 362 g/mol. The number of pyridine rings is 1. The van der Waals surface area contributed by atoms with Gasteiger partial charge in [-0.1, -0.05) is 25.3 Å². The van der Waals surface area contributed by atoms with E-state index >= 15 is 0 Å². The average Bonchev–Trinajstić information content (AvgIpc) is 3.16. The summed E-state index contributed by atoms with van der Waals surface area (Å²) in [7, 11) is 0. The molecule has 0 bridgehead atoms. The predicted octanol–water partition coefficient (Wildman–Crippen LogP) is 3.87. The topological polar surface area (TPSA) is 66.8 Å². The van der Waals surface area contributed by atoms with E-state index in [1.807, 2.05) is 30.3 Å². The Hall–Kier alpha value is -2.47. The molecule has 5 rings (SSSR count). The summed E-state index contributed by atoms with van der Waals surface area (Å²) in [6.45, 7) is 3.38. The minimum Gasteiger partial charge on any atom is -0.302 e. The number of aromatic nitrogens is 4. The van der Waals surface area contributed by atoms with Gasteiger partial charge in [0.15, 0.2) is 0 Å². The minimum absolute atomic E-state index is 0.166. The summed E-state index contributed by atoms with van der Waals surface area (Å²) < 4.78 is 1.51. The zero-order chi connectivity index (χ0) is 19.6. The van der Waals surface area contributed by atoms with Gasteiger partial charge in [0, 0.05) is 30.6 Å². The van der Waals surface area contributed by atoms with Crippen LogP contribution in [0.4, 0.5) is 0 Å². The third-order valence-electron chi connectivity index (χ3n) is 6.62. The molecule has 2 fully saturated rings. The minimum atomic E-state index is -0.166.